The number of carbonyl (C=O) groups excluding carboxylic acids is 1. The molecule has 0 unspecified atom stereocenters. The molecule has 30 heavy (non-hydrogen) atoms. The van der Waals surface area contributed by atoms with Crippen LogP contribution in [0.5, 0.6) is 0 Å². The number of rotatable bonds is 11. The summed E-state index contributed by atoms with van der Waals surface area (Å²) in [6.07, 6.45) is 13.0. The second-order valence-corrected chi connectivity index (χ2v) is 9.25. The summed E-state index contributed by atoms with van der Waals surface area (Å²) in [6, 6.07) is 8.33. The monoisotopic (exact) mass is 412 g/mol. The second kappa shape index (κ2) is 10.4. The highest BCUT2D eigenvalue weighted by Crippen LogP contribution is 2.53. The van der Waals surface area contributed by atoms with E-state index in [0.29, 0.717) is 25.0 Å². The Kier molecular flexibility index (Phi) is 7.87. The van der Waals surface area contributed by atoms with Crippen molar-refractivity contribution in [1.29, 1.82) is 0 Å². The summed E-state index contributed by atoms with van der Waals surface area (Å²) >= 11 is 0. The summed E-state index contributed by atoms with van der Waals surface area (Å²) in [5.41, 5.74) is 2.22. The smallest absolute Gasteiger partial charge is 0.303 e. The SMILES string of the molecule is CCCC1([C@@H](O)c2cccc([C@H]3CCC(=O)[C@@H]3C/C=C\CCCC(=O)O)c2)CCC1. The number of unbranched alkanes of at least 4 members (excludes halogenated alkanes) is 1. The quantitative estimate of drug-likeness (QED) is 0.348. The maximum Gasteiger partial charge on any atom is 0.303 e. The lowest BCUT2D eigenvalue weighted by Gasteiger charge is -2.46. The normalized spacial score (nSPS) is 24.1. The molecule has 0 heterocycles. The average molecular weight is 413 g/mol. The summed E-state index contributed by atoms with van der Waals surface area (Å²) in [7, 11) is 0. The number of aliphatic carboxylic acids is 1. The summed E-state index contributed by atoms with van der Waals surface area (Å²) < 4.78 is 0. The van der Waals surface area contributed by atoms with Crippen molar-refractivity contribution in [3.05, 3.63) is 47.5 Å². The van der Waals surface area contributed by atoms with Crippen molar-refractivity contribution >= 4 is 11.8 Å². The van der Waals surface area contributed by atoms with E-state index in [1.807, 2.05) is 24.3 Å². The lowest BCUT2D eigenvalue weighted by Crippen LogP contribution is -2.36. The fraction of sp³-hybridized carbons (Fsp3) is 0.615. The molecule has 0 aliphatic heterocycles. The summed E-state index contributed by atoms with van der Waals surface area (Å²) in [5.74, 6) is -0.250. The van der Waals surface area contributed by atoms with Gasteiger partial charge >= 0.3 is 5.97 Å². The largest absolute Gasteiger partial charge is 0.481 e. The van der Waals surface area contributed by atoms with E-state index in [0.717, 1.165) is 44.1 Å². The number of aliphatic hydroxyl groups excluding tert-OH is 1. The molecular weight excluding hydrogens is 376 g/mol. The van der Waals surface area contributed by atoms with E-state index < -0.39 is 12.1 Å². The lowest BCUT2D eigenvalue weighted by molar-refractivity contribution is -0.137. The van der Waals surface area contributed by atoms with E-state index in [9.17, 15) is 14.7 Å². The van der Waals surface area contributed by atoms with Gasteiger partial charge in [0.05, 0.1) is 6.10 Å². The predicted octanol–water partition coefficient (Wildman–Crippen LogP) is 5.95. The van der Waals surface area contributed by atoms with Gasteiger partial charge in [0.2, 0.25) is 0 Å². The van der Waals surface area contributed by atoms with Crippen LogP contribution in [0, 0.1) is 11.3 Å². The first-order chi connectivity index (χ1) is 14.5. The molecule has 2 aliphatic carbocycles. The van der Waals surface area contributed by atoms with Gasteiger partial charge in [0, 0.05) is 24.2 Å². The second-order valence-electron chi connectivity index (χ2n) is 9.25. The number of benzene rings is 1. The number of carboxylic acid groups (broad SMARTS) is 1. The molecule has 0 spiro atoms. The van der Waals surface area contributed by atoms with Gasteiger partial charge in [-0.3, -0.25) is 9.59 Å². The molecule has 1 aromatic rings. The fourth-order valence-electron chi connectivity index (χ4n) is 5.44. The fourth-order valence-corrected chi connectivity index (χ4v) is 5.44. The van der Waals surface area contributed by atoms with Crippen molar-refractivity contribution in [2.75, 3.05) is 0 Å². The van der Waals surface area contributed by atoms with Gasteiger partial charge in [0.1, 0.15) is 5.78 Å². The van der Waals surface area contributed by atoms with Gasteiger partial charge in [-0.1, -0.05) is 56.2 Å². The summed E-state index contributed by atoms with van der Waals surface area (Å²) in [5, 5.41) is 19.9. The zero-order valence-electron chi connectivity index (χ0n) is 18.2. The van der Waals surface area contributed by atoms with Crippen LogP contribution in [0.15, 0.2) is 36.4 Å². The standard InChI is InChI=1S/C26H36O4/c1-2-15-26(16-8-17-26)25(30)20-10-7-9-19(18-20)21-13-14-23(27)22(21)11-5-3-4-6-12-24(28)29/h3,5,7,9-10,18,21-22,25,30H,2,4,6,8,11-17H2,1H3,(H,28,29)/b5-3-/t21-,22-,25+/m1/s1. The molecule has 2 fully saturated rings. The highest BCUT2D eigenvalue weighted by molar-refractivity contribution is 5.84. The zero-order valence-corrected chi connectivity index (χ0v) is 18.2. The molecule has 164 valence electrons. The number of allylic oxidation sites excluding steroid dienone is 2. The van der Waals surface area contributed by atoms with Crippen molar-refractivity contribution in [1.82, 2.24) is 0 Å². The molecule has 3 rings (SSSR count). The number of hydrogen-bond donors (Lipinski definition) is 2. The Morgan fingerprint density at radius 1 is 1.30 bits per heavy atom. The first-order valence-corrected chi connectivity index (χ1v) is 11.6. The Morgan fingerprint density at radius 3 is 2.77 bits per heavy atom. The van der Waals surface area contributed by atoms with Gasteiger partial charge in [-0.15, -0.1) is 0 Å². The van der Waals surface area contributed by atoms with Gasteiger partial charge in [-0.2, -0.15) is 0 Å². The van der Waals surface area contributed by atoms with Crippen LogP contribution in [0.25, 0.3) is 0 Å². The predicted molar refractivity (Wildman–Crippen MR) is 118 cm³/mol. The summed E-state index contributed by atoms with van der Waals surface area (Å²) in [6.45, 7) is 2.19. The molecule has 2 N–H and O–H groups in total. The molecule has 4 heteroatoms. The van der Waals surface area contributed by atoms with Crippen LogP contribution in [-0.4, -0.2) is 22.0 Å². The Hall–Kier alpha value is -1.94. The van der Waals surface area contributed by atoms with Crippen molar-refractivity contribution < 1.29 is 19.8 Å². The minimum atomic E-state index is -0.765. The van der Waals surface area contributed by atoms with Crippen LogP contribution in [0.4, 0.5) is 0 Å². The molecule has 4 nitrogen and oxygen atoms in total. The molecule has 2 saturated carbocycles. The third-order valence-corrected chi connectivity index (χ3v) is 7.25. The van der Waals surface area contributed by atoms with Crippen LogP contribution < -0.4 is 0 Å². The number of aliphatic hydroxyl groups is 1. The lowest BCUT2D eigenvalue weighted by atomic mass is 9.61. The average Bonchev–Trinajstić information content (AvgIpc) is 3.07. The number of Topliss-reactive ketones (excluding diaryl/α,β-unsaturated/α-hetero) is 1. The third-order valence-electron chi connectivity index (χ3n) is 7.25. The highest BCUT2D eigenvalue weighted by atomic mass is 16.4. The van der Waals surface area contributed by atoms with Crippen LogP contribution in [0.2, 0.25) is 0 Å². The third kappa shape index (κ3) is 5.21. The number of carbonyl (C=O) groups is 2. The molecule has 1 aromatic carbocycles. The molecule has 0 saturated heterocycles. The molecule has 0 aromatic heterocycles. The van der Waals surface area contributed by atoms with Gasteiger partial charge < -0.3 is 10.2 Å². The molecule has 2 aliphatic rings. The molecular formula is C26H36O4. The van der Waals surface area contributed by atoms with E-state index in [1.165, 1.54) is 12.0 Å². The Balaban J connectivity index is 1.67. The van der Waals surface area contributed by atoms with Crippen molar-refractivity contribution in [3.8, 4) is 0 Å². The van der Waals surface area contributed by atoms with Gasteiger partial charge in [0.15, 0.2) is 0 Å². The minimum absolute atomic E-state index is 0.0126. The maximum atomic E-state index is 12.5. The Bertz CT molecular complexity index is 762. The molecule has 3 atom stereocenters. The number of ketones is 1. The van der Waals surface area contributed by atoms with Crippen LogP contribution >= 0.6 is 0 Å². The molecule has 0 amide bonds. The van der Waals surface area contributed by atoms with Gasteiger partial charge in [-0.05, 0) is 62.0 Å². The van der Waals surface area contributed by atoms with Gasteiger partial charge in [0.25, 0.3) is 0 Å². The number of hydrogen-bond acceptors (Lipinski definition) is 3. The summed E-state index contributed by atoms with van der Waals surface area (Å²) in [4.78, 5) is 23.1. The van der Waals surface area contributed by atoms with E-state index in [4.69, 9.17) is 5.11 Å². The zero-order chi connectivity index (χ0) is 21.6. The Morgan fingerprint density at radius 2 is 2.10 bits per heavy atom. The van der Waals surface area contributed by atoms with Crippen LogP contribution in [0.1, 0.15) is 101 Å². The highest BCUT2D eigenvalue weighted by Gasteiger charge is 2.43. The van der Waals surface area contributed by atoms with E-state index in [-0.39, 0.29) is 23.7 Å². The first kappa shape index (κ1) is 22.7. The van der Waals surface area contributed by atoms with Crippen LogP contribution in [0.3, 0.4) is 0 Å². The minimum Gasteiger partial charge on any atom is -0.481 e. The first-order valence-electron chi connectivity index (χ1n) is 11.6. The van der Waals surface area contributed by atoms with E-state index >= 15 is 0 Å². The van der Waals surface area contributed by atoms with E-state index in [2.05, 4.69) is 19.1 Å². The van der Waals surface area contributed by atoms with Crippen molar-refractivity contribution in [3.63, 3.8) is 0 Å². The molecule has 0 bridgehead atoms. The van der Waals surface area contributed by atoms with Crippen LogP contribution in [-0.2, 0) is 9.59 Å². The molecule has 0 radical (unpaired) electrons. The van der Waals surface area contributed by atoms with Crippen molar-refractivity contribution in [2.45, 2.75) is 89.6 Å². The number of carboxylic acids is 1. The van der Waals surface area contributed by atoms with Crippen molar-refractivity contribution in [2.24, 2.45) is 11.3 Å². The maximum absolute atomic E-state index is 12.5. The van der Waals surface area contributed by atoms with Gasteiger partial charge in [-0.25, -0.2) is 0 Å². The topological polar surface area (TPSA) is 74.6 Å². The van der Waals surface area contributed by atoms with E-state index in [1.54, 1.807) is 0 Å². The Labute approximate surface area is 180 Å².